The molecule has 0 aliphatic heterocycles. The zero-order chi connectivity index (χ0) is 25.5. The molecule has 3 aromatic carbocycles. The van der Waals surface area contributed by atoms with E-state index in [1.807, 2.05) is 78.9 Å². The van der Waals surface area contributed by atoms with E-state index in [0.29, 0.717) is 19.4 Å². The lowest BCUT2D eigenvalue weighted by molar-refractivity contribution is -0.143. The highest BCUT2D eigenvalue weighted by molar-refractivity contribution is 5.92. The van der Waals surface area contributed by atoms with Gasteiger partial charge in [-0.05, 0) is 47.9 Å². The molecule has 0 fully saturated rings. The molecule has 0 saturated heterocycles. The number of rotatable bonds is 10. The van der Waals surface area contributed by atoms with E-state index >= 15 is 0 Å². The first-order valence-electron chi connectivity index (χ1n) is 12.3. The number of carbonyl (C=O) groups excluding carboxylic acids is 2. The van der Waals surface area contributed by atoms with E-state index in [1.165, 1.54) is 5.56 Å². The molecule has 0 radical (unpaired) electrons. The fourth-order valence-electron chi connectivity index (χ4n) is 5.18. The van der Waals surface area contributed by atoms with Crippen LogP contribution < -0.4 is 17.2 Å². The first-order valence-corrected chi connectivity index (χ1v) is 12.3. The molecular weight excluding hydrogens is 450 g/mol. The second-order valence-corrected chi connectivity index (χ2v) is 9.12. The van der Waals surface area contributed by atoms with Crippen LogP contribution in [0.25, 0.3) is 0 Å². The van der Waals surface area contributed by atoms with Gasteiger partial charge in [-0.15, -0.1) is 0 Å². The van der Waals surface area contributed by atoms with Gasteiger partial charge in [-0.2, -0.15) is 0 Å². The van der Waals surface area contributed by atoms with E-state index < -0.39 is 17.9 Å². The highest BCUT2D eigenvalue weighted by Crippen LogP contribution is 2.40. The maximum atomic E-state index is 14.6. The van der Waals surface area contributed by atoms with Crippen LogP contribution in [0.1, 0.15) is 53.5 Å². The lowest BCUT2D eigenvalue weighted by Gasteiger charge is -2.38. The van der Waals surface area contributed by atoms with Crippen LogP contribution in [0.15, 0.2) is 89.9 Å². The summed E-state index contributed by atoms with van der Waals surface area (Å²) in [6.07, 6.45) is 2.46. The third kappa shape index (κ3) is 5.57. The SMILES string of the molecule is NC(=O)[C@@H](CCCN=C(N)N)N(C(=O)C(c1ccccc1)c1ccccc1)[C@@H]1CCc2ccccc21. The van der Waals surface area contributed by atoms with E-state index in [0.717, 1.165) is 29.5 Å². The largest absolute Gasteiger partial charge is 0.370 e. The number of hydrogen-bond acceptors (Lipinski definition) is 3. The highest BCUT2D eigenvalue weighted by Gasteiger charge is 2.41. The lowest BCUT2D eigenvalue weighted by Crippen LogP contribution is -2.51. The monoisotopic (exact) mass is 483 g/mol. The Bertz CT molecular complexity index is 1170. The zero-order valence-corrected chi connectivity index (χ0v) is 20.3. The molecule has 6 N–H and O–H groups in total. The fourth-order valence-corrected chi connectivity index (χ4v) is 5.18. The molecule has 0 unspecified atom stereocenters. The number of aliphatic imine (C=N–C) groups is 1. The molecule has 0 aromatic heterocycles. The van der Waals surface area contributed by atoms with Crippen molar-refractivity contribution in [2.24, 2.45) is 22.2 Å². The molecular formula is C29H33N5O2. The number of amides is 2. The second-order valence-electron chi connectivity index (χ2n) is 9.12. The van der Waals surface area contributed by atoms with Gasteiger partial charge in [-0.3, -0.25) is 14.6 Å². The summed E-state index contributed by atoms with van der Waals surface area (Å²) >= 11 is 0. The van der Waals surface area contributed by atoms with Crippen molar-refractivity contribution in [3.63, 3.8) is 0 Å². The summed E-state index contributed by atoms with van der Waals surface area (Å²) in [5, 5.41) is 0. The van der Waals surface area contributed by atoms with E-state index in [9.17, 15) is 9.59 Å². The van der Waals surface area contributed by atoms with E-state index in [-0.39, 0.29) is 17.9 Å². The topological polar surface area (TPSA) is 128 Å². The maximum Gasteiger partial charge on any atom is 0.240 e. The van der Waals surface area contributed by atoms with Crippen LogP contribution in [0.5, 0.6) is 0 Å². The first-order chi connectivity index (χ1) is 17.5. The number of guanidine groups is 1. The number of nitrogens with two attached hydrogens (primary N) is 3. The predicted molar refractivity (Wildman–Crippen MR) is 142 cm³/mol. The molecule has 3 aromatic rings. The minimum atomic E-state index is -0.794. The molecule has 186 valence electrons. The van der Waals surface area contributed by atoms with Crippen molar-refractivity contribution in [2.75, 3.05) is 6.54 Å². The standard InChI is InChI=1S/C29H33N5O2/c30-27(35)25(16-9-19-33-29(31)32)34(24-18-17-20-10-7-8-15-23(20)24)28(36)26(21-11-3-1-4-12-21)22-13-5-2-6-14-22/h1-8,10-15,24-26H,9,16-19H2,(H2,30,35)(H4,31,32,33)/t24-,25-/m1/s1. The summed E-state index contributed by atoms with van der Waals surface area (Å²) in [6, 6.07) is 26.4. The van der Waals surface area contributed by atoms with Gasteiger partial charge in [0.15, 0.2) is 5.96 Å². The number of primary amides is 1. The summed E-state index contributed by atoms with van der Waals surface area (Å²) in [4.78, 5) is 33.2. The Morgan fingerprint density at radius 3 is 2.03 bits per heavy atom. The van der Waals surface area contributed by atoms with E-state index in [1.54, 1.807) is 4.90 Å². The average molecular weight is 484 g/mol. The summed E-state index contributed by atoms with van der Waals surface area (Å²) in [5.41, 5.74) is 20.9. The summed E-state index contributed by atoms with van der Waals surface area (Å²) < 4.78 is 0. The van der Waals surface area contributed by atoms with Gasteiger partial charge in [-0.1, -0.05) is 84.9 Å². The van der Waals surface area contributed by atoms with E-state index in [2.05, 4.69) is 11.1 Å². The summed E-state index contributed by atoms with van der Waals surface area (Å²) in [5.74, 6) is -1.24. The molecule has 0 saturated carbocycles. The third-order valence-corrected chi connectivity index (χ3v) is 6.80. The number of fused-ring (bicyclic) bond motifs is 1. The first kappa shape index (κ1) is 25.0. The number of benzene rings is 3. The molecule has 0 spiro atoms. The van der Waals surface area contributed by atoms with Crippen molar-refractivity contribution in [1.82, 2.24) is 4.90 Å². The van der Waals surface area contributed by atoms with Crippen LogP contribution in [0.2, 0.25) is 0 Å². The number of hydrogen-bond donors (Lipinski definition) is 3. The van der Waals surface area contributed by atoms with Crippen LogP contribution in [-0.4, -0.2) is 35.3 Å². The Labute approximate surface area is 212 Å². The molecule has 0 bridgehead atoms. The van der Waals surface area contributed by atoms with E-state index in [4.69, 9.17) is 17.2 Å². The van der Waals surface area contributed by atoms with Crippen molar-refractivity contribution in [1.29, 1.82) is 0 Å². The molecule has 2 atom stereocenters. The van der Waals surface area contributed by atoms with Crippen LogP contribution in [-0.2, 0) is 16.0 Å². The molecule has 7 heteroatoms. The second kappa shape index (κ2) is 11.5. The van der Waals surface area contributed by atoms with Crippen LogP contribution in [0.4, 0.5) is 0 Å². The highest BCUT2D eigenvalue weighted by atomic mass is 16.2. The van der Waals surface area contributed by atoms with Gasteiger partial charge in [0.1, 0.15) is 6.04 Å². The normalized spacial score (nSPS) is 15.2. The lowest BCUT2D eigenvalue weighted by atomic mass is 9.88. The van der Waals surface area contributed by atoms with Crippen molar-refractivity contribution < 1.29 is 9.59 Å². The molecule has 2 amide bonds. The maximum absolute atomic E-state index is 14.6. The number of carbonyl (C=O) groups is 2. The Balaban J connectivity index is 1.78. The number of aryl methyl sites for hydroxylation is 1. The summed E-state index contributed by atoms with van der Waals surface area (Å²) in [7, 11) is 0. The van der Waals surface area contributed by atoms with Crippen molar-refractivity contribution in [3.05, 3.63) is 107 Å². The fraction of sp³-hybridized carbons (Fsp3) is 0.276. The molecule has 1 aliphatic carbocycles. The Morgan fingerprint density at radius 2 is 1.44 bits per heavy atom. The molecule has 7 nitrogen and oxygen atoms in total. The van der Waals surface area contributed by atoms with Crippen molar-refractivity contribution >= 4 is 17.8 Å². The van der Waals surface area contributed by atoms with Gasteiger partial charge >= 0.3 is 0 Å². The van der Waals surface area contributed by atoms with Gasteiger partial charge in [-0.25, -0.2) is 0 Å². The van der Waals surface area contributed by atoms with Crippen LogP contribution in [0.3, 0.4) is 0 Å². The van der Waals surface area contributed by atoms with Crippen LogP contribution in [0, 0.1) is 0 Å². The smallest absolute Gasteiger partial charge is 0.240 e. The number of nitrogens with zero attached hydrogens (tertiary/aromatic N) is 2. The van der Waals surface area contributed by atoms with Gasteiger partial charge in [0, 0.05) is 6.54 Å². The molecule has 0 heterocycles. The predicted octanol–water partition coefficient (Wildman–Crippen LogP) is 3.24. The summed E-state index contributed by atoms with van der Waals surface area (Å²) in [6.45, 7) is 0.357. The molecule has 4 rings (SSSR count). The van der Waals surface area contributed by atoms with Crippen molar-refractivity contribution in [2.45, 2.75) is 43.7 Å². The Kier molecular flexibility index (Phi) is 8.00. The van der Waals surface area contributed by atoms with Gasteiger partial charge in [0.05, 0.1) is 12.0 Å². The average Bonchev–Trinajstić information content (AvgIpc) is 3.30. The molecule has 36 heavy (non-hydrogen) atoms. The minimum absolute atomic E-state index is 0.00324. The van der Waals surface area contributed by atoms with Gasteiger partial charge < -0.3 is 22.1 Å². The quantitative estimate of drug-likeness (QED) is 0.232. The zero-order valence-electron chi connectivity index (χ0n) is 20.3. The molecule has 1 aliphatic rings. The Morgan fingerprint density at radius 1 is 0.861 bits per heavy atom. The van der Waals surface area contributed by atoms with Crippen molar-refractivity contribution in [3.8, 4) is 0 Å². The van der Waals surface area contributed by atoms with Crippen LogP contribution >= 0.6 is 0 Å². The Hall–Kier alpha value is -4.13. The minimum Gasteiger partial charge on any atom is -0.370 e. The van der Waals surface area contributed by atoms with Gasteiger partial charge in [0.25, 0.3) is 0 Å². The van der Waals surface area contributed by atoms with Gasteiger partial charge in [0.2, 0.25) is 11.8 Å². The third-order valence-electron chi connectivity index (χ3n) is 6.80.